The highest BCUT2D eigenvalue weighted by Gasteiger charge is 2.07. The van der Waals surface area contributed by atoms with Crippen LogP contribution in [-0.4, -0.2) is 24.8 Å². The fourth-order valence-corrected chi connectivity index (χ4v) is 1.66. The Kier molecular flexibility index (Phi) is 5.03. The molecule has 0 spiro atoms. The second-order valence-electron chi connectivity index (χ2n) is 3.14. The van der Waals surface area contributed by atoms with Crippen molar-refractivity contribution in [1.29, 1.82) is 0 Å². The quantitative estimate of drug-likeness (QED) is 0.686. The molecule has 0 aliphatic carbocycles. The zero-order valence-electron chi connectivity index (χ0n) is 9.57. The number of phenolic OH excluding ortho intramolecular Hbond substituents is 1. The molecule has 0 aliphatic heterocycles. The van der Waals surface area contributed by atoms with E-state index in [2.05, 4.69) is 15.9 Å². The number of phenols is 1. The van der Waals surface area contributed by atoms with Gasteiger partial charge in [0, 0.05) is 6.08 Å². The molecule has 17 heavy (non-hydrogen) atoms. The fraction of sp³-hybridized carbons (Fsp3) is 0.250. The lowest BCUT2D eigenvalue weighted by Gasteiger charge is -2.06. The Morgan fingerprint density at radius 2 is 2.24 bits per heavy atom. The maximum Gasteiger partial charge on any atom is 0.330 e. The van der Waals surface area contributed by atoms with Crippen LogP contribution in [0.3, 0.4) is 0 Å². The van der Waals surface area contributed by atoms with Crippen LogP contribution >= 0.6 is 15.9 Å². The van der Waals surface area contributed by atoms with Crippen molar-refractivity contribution >= 4 is 28.0 Å². The summed E-state index contributed by atoms with van der Waals surface area (Å²) in [5.41, 5.74) is 0.722. The summed E-state index contributed by atoms with van der Waals surface area (Å²) in [5.74, 6) is -0.0423. The molecule has 0 radical (unpaired) electrons. The summed E-state index contributed by atoms with van der Waals surface area (Å²) in [4.78, 5) is 11.1. The topological polar surface area (TPSA) is 55.8 Å². The van der Waals surface area contributed by atoms with Gasteiger partial charge in [-0.05, 0) is 46.6 Å². The van der Waals surface area contributed by atoms with Crippen molar-refractivity contribution in [2.45, 2.75) is 6.92 Å². The lowest BCUT2D eigenvalue weighted by Crippen LogP contribution is -1.98. The van der Waals surface area contributed by atoms with Crippen molar-refractivity contribution in [2.24, 2.45) is 0 Å². The second-order valence-corrected chi connectivity index (χ2v) is 3.99. The van der Waals surface area contributed by atoms with E-state index in [-0.39, 0.29) is 5.75 Å². The number of ether oxygens (including phenoxy) is 2. The summed E-state index contributed by atoms with van der Waals surface area (Å²) in [6.07, 6.45) is 2.91. The van der Waals surface area contributed by atoms with E-state index < -0.39 is 5.97 Å². The van der Waals surface area contributed by atoms with Crippen molar-refractivity contribution in [3.05, 3.63) is 28.2 Å². The first-order valence-corrected chi connectivity index (χ1v) is 5.79. The highest BCUT2D eigenvalue weighted by Crippen LogP contribution is 2.35. The van der Waals surface area contributed by atoms with Crippen LogP contribution in [-0.2, 0) is 9.53 Å². The number of hydrogen-bond donors (Lipinski definition) is 1. The first-order chi connectivity index (χ1) is 8.08. The summed E-state index contributed by atoms with van der Waals surface area (Å²) in [7, 11) is 1.46. The van der Waals surface area contributed by atoms with Gasteiger partial charge in [0.25, 0.3) is 0 Å². The van der Waals surface area contributed by atoms with E-state index in [1.807, 2.05) is 0 Å². The predicted octanol–water partition coefficient (Wildman–Crippen LogP) is 2.74. The van der Waals surface area contributed by atoms with Crippen molar-refractivity contribution in [3.63, 3.8) is 0 Å². The number of aromatic hydroxyl groups is 1. The van der Waals surface area contributed by atoms with Gasteiger partial charge in [-0.3, -0.25) is 0 Å². The van der Waals surface area contributed by atoms with E-state index in [1.54, 1.807) is 25.1 Å². The zero-order valence-corrected chi connectivity index (χ0v) is 11.2. The molecule has 1 aromatic rings. The third-order valence-electron chi connectivity index (χ3n) is 1.97. The Morgan fingerprint density at radius 1 is 1.53 bits per heavy atom. The maximum absolute atomic E-state index is 11.1. The van der Waals surface area contributed by atoms with Gasteiger partial charge < -0.3 is 14.6 Å². The molecule has 0 atom stereocenters. The Morgan fingerprint density at radius 3 is 2.82 bits per heavy atom. The van der Waals surface area contributed by atoms with E-state index in [0.717, 1.165) is 5.56 Å². The molecule has 0 unspecified atom stereocenters. The van der Waals surface area contributed by atoms with Gasteiger partial charge in [-0.15, -0.1) is 0 Å². The van der Waals surface area contributed by atoms with Crippen molar-refractivity contribution in [2.75, 3.05) is 13.7 Å². The zero-order chi connectivity index (χ0) is 12.8. The second kappa shape index (κ2) is 6.30. The van der Waals surface area contributed by atoms with Crippen LogP contribution in [0.2, 0.25) is 0 Å². The first-order valence-electron chi connectivity index (χ1n) is 4.99. The Labute approximate surface area is 108 Å². The number of carbonyl (C=O) groups is 1. The molecular weight excluding hydrogens is 288 g/mol. The number of halogens is 1. The fourth-order valence-electron chi connectivity index (χ4n) is 1.20. The van der Waals surface area contributed by atoms with Crippen LogP contribution in [0.15, 0.2) is 22.7 Å². The van der Waals surface area contributed by atoms with Crippen LogP contribution in [0.4, 0.5) is 0 Å². The van der Waals surface area contributed by atoms with E-state index in [1.165, 1.54) is 13.2 Å². The average Bonchev–Trinajstić information content (AvgIpc) is 2.31. The number of methoxy groups -OCH3 is 1. The first kappa shape index (κ1) is 13.6. The van der Waals surface area contributed by atoms with Gasteiger partial charge in [-0.2, -0.15) is 0 Å². The van der Waals surface area contributed by atoms with Crippen molar-refractivity contribution < 1.29 is 19.4 Å². The summed E-state index contributed by atoms with van der Waals surface area (Å²) in [5, 5.41) is 9.60. The number of rotatable bonds is 4. The minimum Gasteiger partial charge on any atom is -0.503 e. The van der Waals surface area contributed by atoms with Crippen LogP contribution in [0.25, 0.3) is 6.08 Å². The van der Waals surface area contributed by atoms with Gasteiger partial charge >= 0.3 is 5.97 Å². The summed E-state index contributed by atoms with van der Waals surface area (Å²) < 4.78 is 10.2. The molecule has 92 valence electrons. The average molecular weight is 301 g/mol. The van der Waals surface area contributed by atoms with Crippen LogP contribution in [0, 0.1) is 0 Å². The van der Waals surface area contributed by atoms with E-state index in [4.69, 9.17) is 9.47 Å². The molecule has 1 N–H and O–H groups in total. The largest absolute Gasteiger partial charge is 0.503 e. The van der Waals surface area contributed by atoms with E-state index in [0.29, 0.717) is 16.8 Å². The Bertz CT molecular complexity index is 440. The summed E-state index contributed by atoms with van der Waals surface area (Å²) in [6.45, 7) is 2.08. The van der Waals surface area contributed by atoms with E-state index >= 15 is 0 Å². The molecule has 5 heteroatoms. The Hall–Kier alpha value is -1.49. The van der Waals surface area contributed by atoms with Crippen LogP contribution in [0.1, 0.15) is 12.5 Å². The SMILES string of the molecule is CCOC(=O)/C=C/c1cc(Br)c(O)c(OC)c1. The van der Waals surface area contributed by atoms with Crippen LogP contribution in [0.5, 0.6) is 11.5 Å². The highest BCUT2D eigenvalue weighted by atomic mass is 79.9. The number of carbonyl (C=O) groups excluding carboxylic acids is 1. The maximum atomic E-state index is 11.1. The molecular formula is C12H13BrO4. The summed E-state index contributed by atoms with van der Waals surface area (Å²) >= 11 is 3.20. The van der Waals surface area contributed by atoms with Gasteiger partial charge in [0.1, 0.15) is 0 Å². The minimum absolute atomic E-state index is 0.0285. The molecule has 0 bridgehead atoms. The predicted molar refractivity (Wildman–Crippen MR) is 68.0 cm³/mol. The molecule has 0 heterocycles. The third-order valence-corrected chi connectivity index (χ3v) is 2.57. The van der Waals surface area contributed by atoms with Gasteiger partial charge in [-0.1, -0.05) is 0 Å². The molecule has 1 aromatic carbocycles. The lowest BCUT2D eigenvalue weighted by molar-refractivity contribution is -0.137. The molecule has 0 aromatic heterocycles. The molecule has 0 aliphatic rings. The van der Waals surface area contributed by atoms with Crippen LogP contribution < -0.4 is 4.74 Å². The standard InChI is InChI=1S/C12H13BrO4/c1-3-17-11(14)5-4-8-6-9(13)12(15)10(7-8)16-2/h4-7,15H,3H2,1-2H3/b5-4+. The smallest absolute Gasteiger partial charge is 0.330 e. The third kappa shape index (κ3) is 3.78. The molecule has 1 rings (SSSR count). The van der Waals surface area contributed by atoms with E-state index in [9.17, 15) is 9.90 Å². The van der Waals surface area contributed by atoms with Gasteiger partial charge in [-0.25, -0.2) is 4.79 Å². The van der Waals surface area contributed by atoms with Crippen molar-refractivity contribution in [3.8, 4) is 11.5 Å². The van der Waals surface area contributed by atoms with Gasteiger partial charge in [0.15, 0.2) is 11.5 Å². The Balaban J connectivity index is 2.92. The molecule has 0 saturated heterocycles. The molecule has 4 nitrogen and oxygen atoms in total. The highest BCUT2D eigenvalue weighted by molar-refractivity contribution is 9.10. The molecule has 0 saturated carbocycles. The monoisotopic (exact) mass is 300 g/mol. The van der Waals surface area contributed by atoms with Gasteiger partial charge in [0.2, 0.25) is 0 Å². The number of hydrogen-bond acceptors (Lipinski definition) is 4. The minimum atomic E-state index is -0.407. The van der Waals surface area contributed by atoms with Gasteiger partial charge in [0.05, 0.1) is 18.2 Å². The number of benzene rings is 1. The normalized spacial score (nSPS) is 10.5. The molecule has 0 fully saturated rings. The molecule has 0 amide bonds. The van der Waals surface area contributed by atoms with Crippen molar-refractivity contribution in [1.82, 2.24) is 0 Å². The lowest BCUT2D eigenvalue weighted by atomic mass is 10.2. The number of esters is 1. The summed E-state index contributed by atoms with van der Waals surface area (Å²) in [6, 6.07) is 3.30.